The van der Waals surface area contributed by atoms with Crippen LogP contribution in [-0.4, -0.2) is 36.5 Å². The minimum absolute atomic E-state index is 0.107. The summed E-state index contributed by atoms with van der Waals surface area (Å²) in [6.07, 6.45) is 3.28. The van der Waals surface area contributed by atoms with Crippen LogP contribution in [0.25, 0.3) is 0 Å². The summed E-state index contributed by atoms with van der Waals surface area (Å²) in [6, 6.07) is 0. The molecule has 0 saturated heterocycles. The summed E-state index contributed by atoms with van der Waals surface area (Å²) in [6.45, 7) is -0.107. The molecule has 1 heterocycles. The number of halogens is 1. The third kappa shape index (κ3) is 4.16. The van der Waals surface area contributed by atoms with Gasteiger partial charge in [-0.15, -0.1) is 10.3 Å². The lowest BCUT2D eigenvalue weighted by atomic mass is 10.6. The zero-order chi connectivity index (χ0) is 10.6. The van der Waals surface area contributed by atoms with E-state index in [0.717, 1.165) is 11.3 Å². The van der Waals surface area contributed by atoms with E-state index in [1.54, 1.807) is 0 Å². The van der Waals surface area contributed by atoms with Crippen molar-refractivity contribution in [2.75, 3.05) is 12.3 Å². The van der Waals surface area contributed by atoms with Crippen molar-refractivity contribution < 1.29 is 17.4 Å². The van der Waals surface area contributed by atoms with Crippen molar-refractivity contribution >= 4 is 16.1 Å². The summed E-state index contributed by atoms with van der Waals surface area (Å²) >= 11 is 0. The lowest BCUT2D eigenvalue weighted by molar-refractivity contribution is 0.141. The van der Waals surface area contributed by atoms with E-state index in [2.05, 4.69) is 22.2 Å². The number of hydrogen-bond donors (Lipinski definition) is 3. The Morgan fingerprint density at radius 1 is 1.79 bits per heavy atom. The molecule has 0 aromatic rings. The van der Waals surface area contributed by atoms with Gasteiger partial charge in [0, 0.05) is 12.6 Å². The third-order valence-electron chi connectivity index (χ3n) is 1.18. The van der Waals surface area contributed by atoms with E-state index in [4.69, 9.17) is 4.55 Å². The highest BCUT2D eigenvalue weighted by Gasteiger charge is 2.08. The van der Waals surface area contributed by atoms with Crippen molar-refractivity contribution in [3.63, 3.8) is 0 Å². The summed E-state index contributed by atoms with van der Waals surface area (Å²) in [4.78, 5) is 0. The largest absolute Gasteiger partial charge is 0.286 e. The molecule has 0 aromatic heterocycles. The van der Waals surface area contributed by atoms with Gasteiger partial charge in [-0.3, -0.25) is 9.98 Å². The third-order valence-corrected chi connectivity index (χ3v) is 1.90. The Kier molecular flexibility index (Phi) is 3.38. The van der Waals surface area contributed by atoms with E-state index in [0.29, 0.717) is 0 Å². The van der Waals surface area contributed by atoms with E-state index < -0.39 is 21.8 Å². The first-order chi connectivity index (χ1) is 6.47. The first-order valence-corrected chi connectivity index (χ1v) is 5.15. The maximum Gasteiger partial charge on any atom is 0.266 e. The molecule has 1 radical (unpaired) electrons. The smallest absolute Gasteiger partial charge is 0.266 e. The predicted octanol–water partition coefficient (Wildman–Crippen LogP) is -1.20. The van der Waals surface area contributed by atoms with Gasteiger partial charge in [-0.2, -0.15) is 18.2 Å². The molecule has 9 heteroatoms. The van der Waals surface area contributed by atoms with E-state index in [9.17, 15) is 12.8 Å². The predicted molar refractivity (Wildman–Crippen MR) is 45.7 cm³/mol. The van der Waals surface area contributed by atoms with E-state index >= 15 is 0 Å². The molecule has 1 aliphatic heterocycles. The van der Waals surface area contributed by atoms with Crippen molar-refractivity contribution in [2.24, 2.45) is 5.10 Å². The fourth-order valence-corrected chi connectivity index (χ4v) is 1.01. The van der Waals surface area contributed by atoms with Crippen molar-refractivity contribution in [1.82, 2.24) is 16.1 Å². The normalized spacial score (nSPS) is 16.4. The second-order valence-corrected chi connectivity index (χ2v) is 3.90. The summed E-state index contributed by atoms with van der Waals surface area (Å²) in [7, 11) is -4.03. The minimum Gasteiger partial charge on any atom is -0.286 e. The number of rotatable bonds is 4. The highest BCUT2D eigenvalue weighted by Crippen LogP contribution is 1.91. The van der Waals surface area contributed by atoms with Gasteiger partial charge in [0.05, 0.1) is 12.0 Å². The fraction of sp³-hybridized carbons (Fsp3) is 0.400. The Morgan fingerprint density at radius 2 is 2.50 bits per heavy atom. The molecule has 79 valence electrons. The second-order valence-electron chi connectivity index (χ2n) is 2.33. The van der Waals surface area contributed by atoms with E-state index in [1.165, 1.54) is 0 Å². The molecule has 0 saturated carbocycles. The molecule has 0 unspecified atom stereocenters. The lowest BCUT2D eigenvalue weighted by Crippen LogP contribution is -2.45. The molecular formula is C5H8FN4O3S. The molecule has 7 nitrogen and oxygen atoms in total. The average molecular weight is 223 g/mol. The van der Waals surface area contributed by atoms with Crippen molar-refractivity contribution in [3.8, 4) is 0 Å². The van der Waals surface area contributed by atoms with Crippen LogP contribution in [0.15, 0.2) is 11.2 Å². The van der Waals surface area contributed by atoms with Crippen LogP contribution < -0.4 is 10.9 Å². The molecule has 1 aliphatic rings. The monoisotopic (exact) mass is 223 g/mol. The maximum absolute atomic E-state index is 12.4. The van der Waals surface area contributed by atoms with Gasteiger partial charge in [0.25, 0.3) is 10.1 Å². The van der Waals surface area contributed by atoms with Crippen LogP contribution in [0, 0.1) is 6.20 Å². The van der Waals surface area contributed by atoms with Crippen LogP contribution in [0.3, 0.4) is 0 Å². The van der Waals surface area contributed by atoms with Gasteiger partial charge in [0.15, 0.2) is 0 Å². The highest BCUT2D eigenvalue weighted by atomic mass is 32.2. The Labute approximate surface area is 80.0 Å². The molecule has 0 aliphatic carbocycles. The summed E-state index contributed by atoms with van der Waals surface area (Å²) in [5.41, 5.74) is 4.73. The number of hydrazine groups is 2. The quantitative estimate of drug-likeness (QED) is 0.518. The lowest BCUT2D eigenvalue weighted by Gasteiger charge is -2.20. The number of allylic oxidation sites excluding steroid dienone is 1. The molecule has 0 fully saturated rings. The first kappa shape index (κ1) is 10.9. The molecule has 0 aromatic carbocycles. The number of nitrogens with one attached hydrogen (secondary N) is 2. The first-order valence-electron chi connectivity index (χ1n) is 3.55. The Bertz CT molecular complexity index is 352. The Hall–Kier alpha value is -1.19. The summed E-state index contributed by atoms with van der Waals surface area (Å²) in [5, 5.41) is 4.12. The Morgan fingerprint density at radius 3 is 3.07 bits per heavy atom. The van der Waals surface area contributed by atoms with Crippen LogP contribution in [0.5, 0.6) is 0 Å². The zero-order valence-electron chi connectivity index (χ0n) is 6.94. The van der Waals surface area contributed by atoms with Gasteiger partial charge in [0.1, 0.15) is 0 Å². The molecule has 14 heavy (non-hydrogen) atoms. The van der Waals surface area contributed by atoms with E-state index in [-0.39, 0.29) is 6.54 Å². The maximum atomic E-state index is 12.4. The molecule has 0 spiro atoms. The minimum atomic E-state index is -4.03. The Balaban J connectivity index is 2.30. The molecule has 3 N–H and O–H groups in total. The molecule has 1 rings (SSSR count). The SMILES string of the molecule is O=S(=O)(O)CCNN1N=C(F)C=[C]N1. The van der Waals surface area contributed by atoms with Crippen molar-refractivity contribution in [2.45, 2.75) is 0 Å². The van der Waals surface area contributed by atoms with Crippen LogP contribution in [0.2, 0.25) is 0 Å². The summed E-state index contributed by atoms with van der Waals surface area (Å²) in [5.74, 6) is -1.27. The van der Waals surface area contributed by atoms with Crippen LogP contribution in [0.4, 0.5) is 4.39 Å². The standard InChI is InChI=1S/C5H8FN4O3S/c6-5-1-2-7-10(9-5)8-3-4-14(11,12)13/h1,7-8H,3-4H2,(H,11,12,13). The average Bonchev–Trinajstić information content (AvgIpc) is 2.01. The van der Waals surface area contributed by atoms with Crippen LogP contribution in [0.1, 0.15) is 0 Å². The van der Waals surface area contributed by atoms with Gasteiger partial charge in [-0.05, 0) is 0 Å². The number of nitrogens with zero attached hydrogens (tertiary/aromatic N) is 2. The molecule has 0 atom stereocenters. The number of hydrogen-bond acceptors (Lipinski definition) is 6. The van der Waals surface area contributed by atoms with Gasteiger partial charge in [-0.25, -0.2) is 0 Å². The fourth-order valence-electron chi connectivity index (χ4n) is 0.658. The zero-order valence-corrected chi connectivity index (χ0v) is 7.75. The summed E-state index contributed by atoms with van der Waals surface area (Å²) < 4.78 is 41.4. The molecule has 0 bridgehead atoms. The van der Waals surface area contributed by atoms with Crippen molar-refractivity contribution in [3.05, 3.63) is 12.3 Å². The van der Waals surface area contributed by atoms with Gasteiger partial charge < -0.3 is 0 Å². The van der Waals surface area contributed by atoms with E-state index in [1.807, 2.05) is 0 Å². The molecular weight excluding hydrogens is 215 g/mol. The highest BCUT2D eigenvalue weighted by molar-refractivity contribution is 7.85. The van der Waals surface area contributed by atoms with Crippen LogP contribution >= 0.6 is 0 Å². The van der Waals surface area contributed by atoms with Crippen LogP contribution in [-0.2, 0) is 10.1 Å². The van der Waals surface area contributed by atoms with Gasteiger partial charge in [0.2, 0.25) is 5.97 Å². The van der Waals surface area contributed by atoms with Crippen molar-refractivity contribution in [1.29, 1.82) is 0 Å². The van der Waals surface area contributed by atoms with Gasteiger partial charge >= 0.3 is 0 Å². The molecule has 0 amide bonds. The second kappa shape index (κ2) is 4.35. The topological polar surface area (TPSA) is 94.0 Å². The van der Waals surface area contributed by atoms with Gasteiger partial charge in [-0.1, -0.05) is 0 Å². The number of hydrazone groups is 1.